The number of nitrogens with zero attached hydrogens (tertiary/aromatic N) is 2. The van der Waals surface area contributed by atoms with Crippen molar-refractivity contribution < 1.29 is 0 Å². The van der Waals surface area contributed by atoms with E-state index in [1.807, 2.05) is 24.4 Å². The fourth-order valence-corrected chi connectivity index (χ4v) is 6.37. The number of pyridine rings is 1. The van der Waals surface area contributed by atoms with Gasteiger partial charge in [-0.2, -0.15) is 5.10 Å². The van der Waals surface area contributed by atoms with Crippen molar-refractivity contribution in [1.82, 2.24) is 10.4 Å². The molecule has 2 aromatic heterocycles. The molecule has 0 aliphatic heterocycles. The van der Waals surface area contributed by atoms with Crippen LogP contribution in [0.3, 0.4) is 0 Å². The number of rotatable bonds is 6. The van der Waals surface area contributed by atoms with Crippen molar-refractivity contribution in [2.45, 2.75) is 6.54 Å². The molecule has 5 aromatic carbocycles. The van der Waals surface area contributed by atoms with Crippen LogP contribution in [0.25, 0.3) is 53.3 Å². The number of aromatic nitrogens is 1. The van der Waals surface area contributed by atoms with E-state index in [0.717, 1.165) is 38.9 Å². The molecule has 4 nitrogen and oxygen atoms in total. The minimum absolute atomic E-state index is 0.446. The minimum Gasteiger partial charge on any atom is -0.382 e. The summed E-state index contributed by atoms with van der Waals surface area (Å²) in [7, 11) is 0. The van der Waals surface area contributed by atoms with Crippen molar-refractivity contribution in [3.05, 3.63) is 139 Å². The molecule has 0 amide bonds. The third-order valence-corrected chi connectivity index (χ3v) is 8.40. The second-order valence-electron chi connectivity index (χ2n) is 9.81. The molecule has 7 aromatic rings. The van der Waals surface area contributed by atoms with Gasteiger partial charge in [0.1, 0.15) is 0 Å². The maximum Gasteiger partial charge on any atom is 0.150 e. The van der Waals surface area contributed by atoms with Gasteiger partial charge in [0.25, 0.3) is 0 Å². The Morgan fingerprint density at radius 3 is 2.40 bits per heavy atom. The van der Waals surface area contributed by atoms with Gasteiger partial charge < -0.3 is 11.2 Å². The third kappa shape index (κ3) is 4.57. The number of thiophene rings is 1. The Labute approximate surface area is 236 Å². The molecule has 192 valence electrons. The average Bonchev–Trinajstić information content (AvgIpc) is 3.40. The number of nitrogens with two attached hydrogens (primary N) is 1. The summed E-state index contributed by atoms with van der Waals surface area (Å²) in [5.41, 5.74) is 17.2. The van der Waals surface area contributed by atoms with Crippen molar-refractivity contribution in [3.63, 3.8) is 0 Å². The zero-order valence-corrected chi connectivity index (χ0v) is 22.5. The topological polar surface area (TPSA) is 63.3 Å². The maximum atomic E-state index is 6.60. The molecule has 0 saturated heterocycles. The van der Waals surface area contributed by atoms with E-state index < -0.39 is 0 Å². The summed E-state index contributed by atoms with van der Waals surface area (Å²) in [4.78, 5) is 4.75. The largest absolute Gasteiger partial charge is 0.382 e. The molecule has 0 spiro atoms. The number of hydrogen-bond acceptors (Lipinski definition) is 4. The van der Waals surface area contributed by atoms with E-state index in [9.17, 15) is 0 Å². The van der Waals surface area contributed by atoms with E-state index in [4.69, 9.17) is 10.7 Å². The second-order valence-corrected chi connectivity index (χ2v) is 10.9. The van der Waals surface area contributed by atoms with E-state index in [1.165, 1.54) is 25.6 Å². The summed E-state index contributed by atoms with van der Waals surface area (Å²) in [6.45, 7) is 0.603. The molecule has 0 aliphatic rings. The zero-order chi connectivity index (χ0) is 26.9. The summed E-state index contributed by atoms with van der Waals surface area (Å²) in [6, 6.07) is 42.3. The van der Waals surface area contributed by atoms with Crippen molar-refractivity contribution in [2.24, 2.45) is 10.8 Å². The second kappa shape index (κ2) is 10.3. The van der Waals surface area contributed by atoms with Gasteiger partial charge in [0.2, 0.25) is 0 Å². The van der Waals surface area contributed by atoms with E-state index in [1.54, 1.807) is 11.3 Å². The number of hydrazone groups is 1. The van der Waals surface area contributed by atoms with Crippen LogP contribution >= 0.6 is 11.3 Å². The molecule has 0 bridgehead atoms. The standard InChI is InChI=1S/C35H26N4S/c36-35(39-38-22-23-8-2-1-3-9-23)29-20-27(26-15-14-24-10-4-5-11-25(24)18-26)19-28(21-29)30-16-17-37-33-31-12-6-7-13-32(31)40-34(30)33/h1-21,38H,22H2,(H2,36,39). The van der Waals surface area contributed by atoms with Crippen LogP contribution in [0.4, 0.5) is 0 Å². The number of benzene rings is 5. The molecular weight excluding hydrogens is 508 g/mol. The lowest BCUT2D eigenvalue weighted by atomic mass is 9.94. The van der Waals surface area contributed by atoms with Crippen LogP contribution in [0.15, 0.2) is 133 Å². The number of nitrogens with one attached hydrogen (secondary N) is 1. The zero-order valence-electron chi connectivity index (χ0n) is 21.7. The Morgan fingerprint density at radius 1 is 0.725 bits per heavy atom. The Kier molecular flexibility index (Phi) is 6.19. The normalized spacial score (nSPS) is 11.8. The lowest BCUT2D eigenvalue weighted by Gasteiger charge is -2.12. The fourth-order valence-electron chi connectivity index (χ4n) is 5.17. The first-order valence-corrected chi connectivity index (χ1v) is 14.1. The minimum atomic E-state index is 0.446. The van der Waals surface area contributed by atoms with Gasteiger partial charge in [-0.1, -0.05) is 84.9 Å². The third-order valence-electron chi connectivity index (χ3n) is 7.21. The molecule has 0 saturated carbocycles. The van der Waals surface area contributed by atoms with Crippen molar-refractivity contribution in [3.8, 4) is 22.3 Å². The van der Waals surface area contributed by atoms with Gasteiger partial charge in [0.15, 0.2) is 5.84 Å². The molecular formula is C35H26N4S. The van der Waals surface area contributed by atoms with Crippen molar-refractivity contribution in [1.29, 1.82) is 0 Å². The van der Waals surface area contributed by atoms with Gasteiger partial charge in [-0.25, -0.2) is 0 Å². The molecule has 7 rings (SSSR count). The van der Waals surface area contributed by atoms with Crippen LogP contribution < -0.4 is 11.2 Å². The Balaban J connectivity index is 1.36. The van der Waals surface area contributed by atoms with Crippen LogP contribution in [0, 0.1) is 0 Å². The summed E-state index contributed by atoms with van der Waals surface area (Å²) < 4.78 is 2.40. The maximum absolute atomic E-state index is 6.60. The first-order chi connectivity index (χ1) is 19.7. The van der Waals surface area contributed by atoms with Crippen LogP contribution in [-0.4, -0.2) is 10.8 Å². The van der Waals surface area contributed by atoms with E-state index in [-0.39, 0.29) is 0 Å². The van der Waals surface area contributed by atoms with Crippen molar-refractivity contribution in [2.75, 3.05) is 0 Å². The highest BCUT2D eigenvalue weighted by atomic mass is 32.1. The summed E-state index contributed by atoms with van der Waals surface area (Å²) in [5, 5.41) is 8.14. The Bertz CT molecular complexity index is 2030. The Hall–Kier alpha value is -5.00. The predicted molar refractivity (Wildman–Crippen MR) is 170 cm³/mol. The molecule has 2 heterocycles. The van der Waals surface area contributed by atoms with E-state index >= 15 is 0 Å². The van der Waals surface area contributed by atoms with Crippen LogP contribution in [0.1, 0.15) is 11.1 Å². The van der Waals surface area contributed by atoms with Crippen LogP contribution in [-0.2, 0) is 6.54 Å². The van der Waals surface area contributed by atoms with E-state index in [2.05, 4.69) is 114 Å². The smallest absolute Gasteiger partial charge is 0.150 e. The van der Waals surface area contributed by atoms with Gasteiger partial charge in [-0.05, 0) is 69.4 Å². The predicted octanol–water partition coefficient (Wildman–Crippen LogP) is 8.35. The molecule has 0 unspecified atom stereocenters. The lowest BCUT2D eigenvalue weighted by molar-refractivity contribution is 0.743. The molecule has 0 aliphatic carbocycles. The highest BCUT2D eigenvalue weighted by Gasteiger charge is 2.14. The average molecular weight is 535 g/mol. The van der Waals surface area contributed by atoms with Gasteiger partial charge in [-0.15, -0.1) is 11.3 Å². The SMILES string of the molecule is N/C(=N\NCc1ccccc1)c1cc(-c2ccc3ccccc3c2)cc(-c2ccnc3c2sc2ccccc23)c1. The number of fused-ring (bicyclic) bond motifs is 4. The Morgan fingerprint density at radius 2 is 1.50 bits per heavy atom. The highest BCUT2D eigenvalue weighted by molar-refractivity contribution is 7.26. The quantitative estimate of drug-likeness (QED) is 0.128. The van der Waals surface area contributed by atoms with Gasteiger partial charge >= 0.3 is 0 Å². The van der Waals surface area contributed by atoms with Gasteiger partial charge in [0.05, 0.1) is 16.8 Å². The fraction of sp³-hybridized carbons (Fsp3) is 0.0286. The molecule has 5 heteroatoms. The molecule has 0 radical (unpaired) electrons. The molecule has 0 fully saturated rings. The lowest BCUT2D eigenvalue weighted by Crippen LogP contribution is -2.19. The molecule has 40 heavy (non-hydrogen) atoms. The molecule has 3 N–H and O–H groups in total. The summed E-state index contributed by atoms with van der Waals surface area (Å²) in [5.74, 6) is 0.446. The van der Waals surface area contributed by atoms with Crippen LogP contribution in [0.2, 0.25) is 0 Å². The summed E-state index contributed by atoms with van der Waals surface area (Å²) in [6.07, 6.45) is 1.90. The molecule has 0 atom stereocenters. The van der Waals surface area contributed by atoms with Crippen LogP contribution in [0.5, 0.6) is 0 Å². The number of amidine groups is 1. The first-order valence-electron chi connectivity index (χ1n) is 13.2. The van der Waals surface area contributed by atoms with Gasteiger partial charge in [0, 0.05) is 27.4 Å². The highest BCUT2D eigenvalue weighted by Crippen LogP contribution is 2.40. The van der Waals surface area contributed by atoms with E-state index in [0.29, 0.717) is 12.4 Å². The van der Waals surface area contributed by atoms with Crippen molar-refractivity contribution >= 4 is 48.2 Å². The first kappa shape index (κ1) is 24.1. The van der Waals surface area contributed by atoms with Gasteiger partial charge in [-0.3, -0.25) is 4.98 Å². The summed E-state index contributed by atoms with van der Waals surface area (Å²) >= 11 is 1.78. The number of hydrogen-bond donors (Lipinski definition) is 2. The monoisotopic (exact) mass is 534 g/mol.